The van der Waals surface area contributed by atoms with Crippen LogP contribution in [0.2, 0.25) is 0 Å². The predicted octanol–water partition coefficient (Wildman–Crippen LogP) is 5.17. The van der Waals surface area contributed by atoms with Crippen LogP contribution in [0.1, 0.15) is 0 Å². The minimum atomic E-state index is 0.372. The molecule has 0 aliphatic carbocycles. The van der Waals surface area contributed by atoms with E-state index < -0.39 is 0 Å². The average Bonchev–Trinajstić information content (AvgIpc) is 3.46. The number of benzene rings is 3. The largest absolute Gasteiger partial charge is 0.493 e. The van der Waals surface area contributed by atoms with Crippen LogP contribution in [0.5, 0.6) is 17.2 Å². The maximum absolute atomic E-state index is 5.53. The first kappa shape index (κ1) is 26.2. The maximum Gasteiger partial charge on any atom is 0.231 e. The molecule has 3 aromatic carbocycles. The van der Waals surface area contributed by atoms with E-state index in [0.29, 0.717) is 45.9 Å². The fraction of sp³-hybridized carbons (Fsp3) is 0.233. The molecule has 0 atom stereocenters. The molecule has 6 rings (SSSR count). The van der Waals surface area contributed by atoms with Crippen LogP contribution in [0.4, 0.5) is 28.8 Å². The van der Waals surface area contributed by atoms with E-state index in [1.807, 2.05) is 47.0 Å². The van der Waals surface area contributed by atoms with Crippen LogP contribution < -0.4 is 29.7 Å². The zero-order valence-electron chi connectivity index (χ0n) is 23.1. The first-order valence-electron chi connectivity index (χ1n) is 13.2. The maximum atomic E-state index is 5.53. The molecule has 41 heavy (non-hydrogen) atoms. The van der Waals surface area contributed by atoms with Crippen molar-refractivity contribution in [2.75, 3.05) is 63.2 Å². The van der Waals surface area contributed by atoms with E-state index in [1.54, 1.807) is 39.8 Å². The van der Waals surface area contributed by atoms with E-state index >= 15 is 0 Å². The van der Waals surface area contributed by atoms with Crippen molar-refractivity contribution in [2.24, 2.45) is 0 Å². The molecule has 5 aromatic rings. The molecule has 0 unspecified atom stereocenters. The summed E-state index contributed by atoms with van der Waals surface area (Å²) in [4.78, 5) is 16.7. The van der Waals surface area contributed by atoms with Crippen LogP contribution in [0.3, 0.4) is 0 Å². The number of methoxy groups -OCH3 is 3. The smallest absolute Gasteiger partial charge is 0.231 e. The van der Waals surface area contributed by atoms with Gasteiger partial charge in [0.05, 0.1) is 34.5 Å². The Hall–Kier alpha value is -5.03. The van der Waals surface area contributed by atoms with E-state index in [0.717, 1.165) is 43.4 Å². The Balaban J connectivity index is 1.38. The highest BCUT2D eigenvalue weighted by Crippen LogP contribution is 2.40. The molecular formula is C30H31N7O4. The number of morpholine rings is 1. The van der Waals surface area contributed by atoms with Gasteiger partial charge in [0, 0.05) is 48.0 Å². The van der Waals surface area contributed by atoms with Gasteiger partial charge in [0.25, 0.3) is 0 Å². The molecule has 1 aliphatic rings. The molecule has 0 bridgehead atoms. The first-order valence-corrected chi connectivity index (χ1v) is 13.2. The number of anilines is 5. The highest BCUT2D eigenvalue weighted by Gasteiger charge is 2.18. The highest BCUT2D eigenvalue weighted by atomic mass is 16.5. The van der Waals surface area contributed by atoms with Gasteiger partial charge in [0.2, 0.25) is 11.7 Å². The van der Waals surface area contributed by atoms with Crippen LogP contribution in [-0.4, -0.2) is 67.2 Å². The summed E-state index contributed by atoms with van der Waals surface area (Å²) in [6.07, 6.45) is 1.75. The fourth-order valence-electron chi connectivity index (χ4n) is 4.82. The van der Waals surface area contributed by atoms with Crippen molar-refractivity contribution in [3.63, 3.8) is 0 Å². The van der Waals surface area contributed by atoms with Gasteiger partial charge in [-0.05, 0) is 36.4 Å². The summed E-state index contributed by atoms with van der Waals surface area (Å²) >= 11 is 0. The number of aromatic nitrogens is 4. The number of fused-ring (bicyclic) bond motifs is 1. The second-order valence-electron chi connectivity index (χ2n) is 9.33. The Bertz CT molecular complexity index is 1610. The van der Waals surface area contributed by atoms with Crippen molar-refractivity contribution in [3.05, 3.63) is 73.1 Å². The molecule has 2 aromatic heterocycles. The quantitative estimate of drug-likeness (QED) is 0.254. The number of hydrogen-bond donors (Lipinski definition) is 2. The van der Waals surface area contributed by atoms with Gasteiger partial charge in [-0.3, -0.25) is 4.57 Å². The average molecular weight is 554 g/mol. The van der Waals surface area contributed by atoms with Crippen molar-refractivity contribution in [3.8, 4) is 22.9 Å². The van der Waals surface area contributed by atoms with Crippen LogP contribution in [-0.2, 0) is 4.74 Å². The monoisotopic (exact) mass is 553 g/mol. The molecule has 11 nitrogen and oxygen atoms in total. The van der Waals surface area contributed by atoms with E-state index in [9.17, 15) is 0 Å². The zero-order valence-corrected chi connectivity index (χ0v) is 23.1. The second kappa shape index (κ2) is 11.6. The lowest BCUT2D eigenvalue weighted by atomic mass is 10.2. The number of para-hydroxylation sites is 1. The normalized spacial score (nSPS) is 13.2. The van der Waals surface area contributed by atoms with Crippen molar-refractivity contribution < 1.29 is 18.9 Å². The summed E-state index contributed by atoms with van der Waals surface area (Å²) in [5, 5.41) is 6.76. The summed E-state index contributed by atoms with van der Waals surface area (Å²) in [5.41, 5.74) is 4.94. The topological polar surface area (TPSA) is 108 Å². The first-order chi connectivity index (χ1) is 20.2. The molecule has 3 heterocycles. The van der Waals surface area contributed by atoms with Crippen LogP contribution in [0.15, 0.2) is 73.1 Å². The third-order valence-electron chi connectivity index (χ3n) is 6.86. The number of nitrogens with zero attached hydrogens (tertiary/aromatic N) is 5. The van der Waals surface area contributed by atoms with Gasteiger partial charge in [0.15, 0.2) is 28.5 Å². The summed E-state index contributed by atoms with van der Waals surface area (Å²) in [5.74, 6) is 2.48. The molecule has 0 amide bonds. The number of hydrogen-bond acceptors (Lipinski definition) is 10. The van der Waals surface area contributed by atoms with E-state index in [4.69, 9.17) is 28.9 Å². The molecule has 0 radical (unpaired) electrons. The van der Waals surface area contributed by atoms with Gasteiger partial charge in [-0.25, -0.2) is 4.98 Å². The van der Waals surface area contributed by atoms with Crippen molar-refractivity contribution in [2.45, 2.75) is 0 Å². The highest BCUT2D eigenvalue weighted by molar-refractivity contribution is 5.88. The molecule has 1 aliphatic heterocycles. The molecule has 0 spiro atoms. The Morgan fingerprint density at radius 2 is 1.46 bits per heavy atom. The molecule has 2 N–H and O–H groups in total. The third-order valence-corrected chi connectivity index (χ3v) is 6.86. The molecule has 11 heteroatoms. The summed E-state index contributed by atoms with van der Waals surface area (Å²) in [6.45, 7) is 3.24. The lowest BCUT2D eigenvalue weighted by Crippen LogP contribution is -2.36. The van der Waals surface area contributed by atoms with Gasteiger partial charge in [-0.1, -0.05) is 18.2 Å². The van der Waals surface area contributed by atoms with Gasteiger partial charge >= 0.3 is 0 Å². The van der Waals surface area contributed by atoms with Crippen LogP contribution >= 0.6 is 0 Å². The molecular weight excluding hydrogens is 522 g/mol. The lowest BCUT2D eigenvalue weighted by Gasteiger charge is -2.28. The molecule has 1 saturated heterocycles. The number of nitrogens with one attached hydrogen (secondary N) is 2. The fourth-order valence-corrected chi connectivity index (χ4v) is 4.82. The Morgan fingerprint density at radius 3 is 2.12 bits per heavy atom. The number of ether oxygens (including phenoxy) is 4. The number of imidazole rings is 1. The van der Waals surface area contributed by atoms with Crippen molar-refractivity contribution >= 4 is 40.0 Å². The third kappa shape index (κ3) is 5.39. The minimum absolute atomic E-state index is 0.372. The van der Waals surface area contributed by atoms with Gasteiger partial charge in [-0.2, -0.15) is 9.97 Å². The summed E-state index contributed by atoms with van der Waals surface area (Å²) in [7, 11) is 4.73. The van der Waals surface area contributed by atoms with E-state index in [-0.39, 0.29) is 0 Å². The van der Waals surface area contributed by atoms with Gasteiger partial charge in [0.1, 0.15) is 6.33 Å². The van der Waals surface area contributed by atoms with Crippen molar-refractivity contribution in [1.82, 2.24) is 19.5 Å². The van der Waals surface area contributed by atoms with E-state index in [1.165, 1.54) is 0 Å². The minimum Gasteiger partial charge on any atom is -0.493 e. The summed E-state index contributed by atoms with van der Waals surface area (Å²) < 4.78 is 23.9. The predicted molar refractivity (Wildman–Crippen MR) is 159 cm³/mol. The lowest BCUT2D eigenvalue weighted by molar-refractivity contribution is 0.122. The van der Waals surface area contributed by atoms with E-state index in [2.05, 4.69) is 32.7 Å². The van der Waals surface area contributed by atoms with Gasteiger partial charge in [-0.15, -0.1) is 0 Å². The Morgan fingerprint density at radius 1 is 0.756 bits per heavy atom. The van der Waals surface area contributed by atoms with Crippen LogP contribution in [0, 0.1) is 0 Å². The van der Waals surface area contributed by atoms with Gasteiger partial charge < -0.3 is 34.5 Å². The standard InChI is InChI=1S/C30H31N7O4/c1-38-24-17-21(18-25(39-2)27(24)40-3)33-30-34-28(26-29(35-30)37(19-31-26)23-7-5-4-6-8-23)32-20-9-11-22(12-10-20)36-13-15-41-16-14-36/h4-12,17-19H,13-16H2,1-3H3,(H2,32,33,34,35). The Kier molecular flexibility index (Phi) is 7.42. The Labute approximate surface area is 237 Å². The zero-order chi connectivity index (χ0) is 28.2. The van der Waals surface area contributed by atoms with Crippen LogP contribution in [0.25, 0.3) is 16.9 Å². The molecule has 0 saturated carbocycles. The number of rotatable bonds is 9. The molecule has 210 valence electrons. The SMILES string of the molecule is COc1cc(Nc2nc(Nc3ccc(N4CCOCC4)cc3)c3ncn(-c4ccccc4)c3n2)cc(OC)c1OC. The second-order valence-corrected chi connectivity index (χ2v) is 9.33. The molecule has 1 fully saturated rings. The van der Waals surface area contributed by atoms with Crippen molar-refractivity contribution in [1.29, 1.82) is 0 Å². The summed E-state index contributed by atoms with van der Waals surface area (Å²) in [6, 6.07) is 21.8.